The lowest BCUT2D eigenvalue weighted by Gasteiger charge is -2.41. The highest BCUT2D eigenvalue weighted by Gasteiger charge is 2.28. The van der Waals surface area contributed by atoms with Gasteiger partial charge in [0.1, 0.15) is 0 Å². The average Bonchev–Trinajstić information content (AvgIpc) is 2.83. The van der Waals surface area contributed by atoms with Crippen molar-refractivity contribution in [2.24, 2.45) is 5.73 Å². The fourth-order valence-electron chi connectivity index (χ4n) is 2.69. The lowest BCUT2D eigenvalue weighted by atomic mass is 10.1. The fourth-order valence-corrected chi connectivity index (χ4v) is 2.69. The van der Waals surface area contributed by atoms with E-state index in [-0.39, 0.29) is 0 Å². The molecule has 0 aromatic carbocycles. The van der Waals surface area contributed by atoms with Crippen LogP contribution in [0.15, 0.2) is 12.5 Å². The van der Waals surface area contributed by atoms with Gasteiger partial charge in [-0.2, -0.15) is 0 Å². The Morgan fingerprint density at radius 1 is 1.50 bits per heavy atom. The number of hydrogen-bond donors (Lipinski definition) is 1. The van der Waals surface area contributed by atoms with Crippen molar-refractivity contribution in [3.8, 4) is 0 Å². The van der Waals surface area contributed by atoms with Crippen molar-refractivity contribution in [3.63, 3.8) is 0 Å². The van der Waals surface area contributed by atoms with E-state index in [4.69, 9.17) is 5.73 Å². The molecule has 5 heteroatoms. The van der Waals surface area contributed by atoms with Gasteiger partial charge in [0.15, 0.2) is 0 Å². The standard InChI is InChI=1S/C13H25N5/c1-4-17-10-15-8-13(17)12(7-14)18-6-5-16(3)11(2)9-18/h8,10-12H,4-7,9,14H2,1-3H3. The van der Waals surface area contributed by atoms with E-state index in [0.29, 0.717) is 18.6 Å². The molecule has 0 aliphatic carbocycles. The van der Waals surface area contributed by atoms with E-state index in [1.54, 1.807) is 0 Å². The van der Waals surface area contributed by atoms with Crippen LogP contribution in [-0.4, -0.2) is 58.6 Å². The van der Waals surface area contributed by atoms with Gasteiger partial charge in [-0.15, -0.1) is 0 Å². The second kappa shape index (κ2) is 5.82. The molecular weight excluding hydrogens is 226 g/mol. The largest absolute Gasteiger partial charge is 0.333 e. The Balaban J connectivity index is 2.14. The number of hydrogen-bond acceptors (Lipinski definition) is 4. The zero-order chi connectivity index (χ0) is 13.1. The molecule has 1 aromatic rings. The molecule has 2 rings (SSSR count). The van der Waals surface area contributed by atoms with Crippen LogP contribution < -0.4 is 5.73 Å². The van der Waals surface area contributed by atoms with Gasteiger partial charge in [0.05, 0.1) is 18.1 Å². The van der Waals surface area contributed by atoms with Crippen LogP contribution in [-0.2, 0) is 6.54 Å². The van der Waals surface area contributed by atoms with Gasteiger partial charge in [-0.25, -0.2) is 4.98 Å². The van der Waals surface area contributed by atoms with Crippen LogP contribution in [0.25, 0.3) is 0 Å². The Bertz CT molecular complexity index is 375. The first-order valence-corrected chi connectivity index (χ1v) is 6.81. The van der Waals surface area contributed by atoms with Crippen LogP contribution in [0.2, 0.25) is 0 Å². The summed E-state index contributed by atoms with van der Waals surface area (Å²) in [6.07, 6.45) is 3.86. The van der Waals surface area contributed by atoms with E-state index in [2.05, 4.69) is 40.2 Å². The highest BCUT2D eigenvalue weighted by Crippen LogP contribution is 2.22. The average molecular weight is 251 g/mol. The molecule has 2 heterocycles. The summed E-state index contributed by atoms with van der Waals surface area (Å²) in [6, 6.07) is 0.884. The lowest BCUT2D eigenvalue weighted by molar-refractivity contribution is 0.0715. The molecule has 18 heavy (non-hydrogen) atoms. The molecule has 1 fully saturated rings. The highest BCUT2D eigenvalue weighted by molar-refractivity contribution is 5.07. The van der Waals surface area contributed by atoms with Gasteiger partial charge in [-0.05, 0) is 20.9 Å². The van der Waals surface area contributed by atoms with Gasteiger partial charge < -0.3 is 15.2 Å². The maximum absolute atomic E-state index is 6.00. The van der Waals surface area contributed by atoms with Crippen LogP contribution in [0.1, 0.15) is 25.6 Å². The summed E-state index contributed by atoms with van der Waals surface area (Å²) in [5.41, 5.74) is 7.25. The second-order valence-electron chi connectivity index (χ2n) is 5.18. The van der Waals surface area contributed by atoms with Crippen molar-refractivity contribution in [1.82, 2.24) is 19.4 Å². The van der Waals surface area contributed by atoms with E-state index < -0.39 is 0 Å². The Labute approximate surface area is 110 Å². The summed E-state index contributed by atoms with van der Waals surface area (Å²) in [5.74, 6) is 0. The minimum absolute atomic E-state index is 0.295. The van der Waals surface area contributed by atoms with Crippen molar-refractivity contribution in [1.29, 1.82) is 0 Å². The monoisotopic (exact) mass is 251 g/mol. The molecule has 102 valence electrons. The number of piperazine rings is 1. The Morgan fingerprint density at radius 2 is 2.28 bits per heavy atom. The van der Waals surface area contributed by atoms with Gasteiger partial charge in [0.2, 0.25) is 0 Å². The molecule has 0 bridgehead atoms. The molecular formula is C13H25N5. The zero-order valence-corrected chi connectivity index (χ0v) is 11.7. The van der Waals surface area contributed by atoms with Crippen molar-refractivity contribution in [2.75, 3.05) is 33.2 Å². The molecule has 5 nitrogen and oxygen atoms in total. The van der Waals surface area contributed by atoms with Gasteiger partial charge in [-0.3, -0.25) is 4.90 Å². The van der Waals surface area contributed by atoms with Crippen LogP contribution in [0.3, 0.4) is 0 Å². The first-order valence-electron chi connectivity index (χ1n) is 6.81. The first kappa shape index (κ1) is 13.5. The van der Waals surface area contributed by atoms with Crippen LogP contribution >= 0.6 is 0 Å². The second-order valence-corrected chi connectivity index (χ2v) is 5.18. The van der Waals surface area contributed by atoms with E-state index in [0.717, 1.165) is 26.2 Å². The third-order valence-electron chi connectivity index (χ3n) is 4.08. The summed E-state index contributed by atoms with van der Waals surface area (Å²) in [5, 5.41) is 0. The number of imidazole rings is 1. The maximum Gasteiger partial charge on any atom is 0.0948 e. The van der Waals surface area contributed by atoms with Gasteiger partial charge in [0, 0.05) is 45.0 Å². The van der Waals surface area contributed by atoms with Crippen LogP contribution in [0.4, 0.5) is 0 Å². The third kappa shape index (κ3) is 2.58. The van der Waals surface area contributed by atoms with Crippen molar-refractivity contribution >= 4 is 0 Å². The predicted octanol–water partition coefficient (Wildman–Crippen LogP) is 0.539. The third-order valence-corrected chi connectivity index (χ3v) is 4.08. The first-order chi connectivity index (χ1) is 8.67. The SMILES string of the molecule is CCn1cncc1C(CN)N1CCN(C)C(C)C1. The number of aryl methyl sites for hydroxylation is 1. The fraction of sp³-hybridized carbons (Fsp3) is 0.769. The number of aromatic nitrogens is 2. The molecule has 0 radical (unpaired) electrons. The normalized spacial score (nSPS) is 24.3. The van der Waals surface area contributed by atoms with Crippen molar-refractivity contribution in [2.45, 2.75) is 32.5 Å². The molecule has 0 saturated carbocycles. The molecule has 1 saturated heterocycles. The minimum Gasteiger partial charge on any atom is -0.333 e. The van der Waals surface area contributed by atoms with E-state index in [1.165, 1.54) is 5.69 Å². The molecule has 2 unspecified atom stereocenters. The number of rotatable bonds is 4. The van der Waals surface area contributed by atoms with E-state index >= 15 is 0 Å². The highest BCUT2D eigenvalue weighted by atomic mass is 15.3. The van der Waals surface area contributed by atoms with Gasteiger partial charge >= 0.3 is 0 Å². The Kier molecular flexibility index (Phi) is 4.37. The smallest absolute Gasteiger partial charge is 0.0948 e. The van der Waals surface area contributed by atoms with Crippen LogP contribution in [0, 0.1) is 0 Å². The predicted molar refractivity (Wildman–Crippen MR) is 73.4 cm³/mol. The molecule has 2 atom stereocenters. The summed E-state index contributed by atoms with van der Waals surface area (Å²) in [6.45, 7) is 9.29. The zero-order valence-electron chi connectivity index (χ0n) is 11.7. The summed E-state index contributed by atoms with van der Waals surface area (Å²) >= 11 is 0. The minimum atomic E-state index is 0.295. The number of likely N-dealkylation sites (N-methyl/N-ethyl adjacent to an activating group) is 1. The topological polar surface area (TPSA) is 50.3 Å². The van der Waals surface area contributed by atoms with E-state index in [9.17, 15) is 0 Å². The van der Waals surface area contributed by atoms with Gasteiger partial charge in [0.25, 0.3) is 0 Å². The summed E-state index contributed by atoms with van der Waals surface area (Å²) < 4.78 is 2.19. The number of nitrogens with zero attached hydrogens (tertiary/aromatic N) is 4. The quantitative estimate of drug-likeness (QED) is 0.848. The van der Waals surface area contributed by atoms with Gasteiger partial charge in [-0.1, -0.05) is 0 Å². The van der Waals surface area contributed by atoms with E-state index in [1.807, 2.05) is 12.5 Å². The Hall–Kier alpha value is -0.910. The summed E-state index contributed by atoms with van der Waals surface area (Å²) in [4.78, 5) is 9.16. The molecule has 0 spiro atoms. The molecule has 0 amide bonds. The van der Waals surface area contributed by atoms with Crippen LogP contribution in [0.5, 0.6) is 0 Å². The number of nitrogens with two attached hydrogens (primary N) is 1. The summed E-state index contributed by atoms with van der Waals surface area (Å²) in [7, 11) is 2.19. The lowest BCUT2D eigenvalue weighted by Crippen LogP contribution is -2.52. The molecule has 1 aromatic heterocycles. The van der Waals surface area contributed by atoms with Crippen molar-refractivity contribution < 1.29 is 0 Å². The maximum atomic E-state index is 6.00. The molecule has 1 aliphatic rings. The Morgan fingerprint density at radius 3 is 2.89 bits per heavy atom. The molecule has 1 aliphatic heterocycles. The van der Waals surface area contributed by atoms with Crippen molar-refractivity contribution in [3.05, 3.63) is 18.2 Å². The molecule has 2 N–H and O–H groups in total.